The molecule has 4 rings (SSSR count). The van der Waals surface area contributed by atoms with Crippen molar-refractivity contribution in [2.24, 2.45) is 0 Å². The molecule has 3 aromatic rings. The van der Waals surface area contributed by atoms with E-state index in [9.17, 15) is 9.59 Å². The third-order valence-electron chi connectivity index (χ3n) is 6.69. The van der Waals surface area contributed by atoms with Crippen LogP contribution in [-0.2, 0) is 16.1 Å². The van der Waals surface area contributed by atoms with Crippen LogP contribution in [0.15, 0.2) is 30.5 Å². The Labute approximate surface area is 235 Å². The number of carbonyl (C=O) groups is 2. The van der Waals surface area contributed by atoms with Crippen LogP contribution in [0.3, 0.4) is 0 Å². The molecule has 0 bridgehead atoms. The quantitative estimate of drug-likeness (QED) is 0.371. The first-order valence-electron chi connectivity index (χ1n) is 13.8. The third-order valence-corrected chi connectivity index (χ3v) is 6.69. The van der Waals surface area contributed by atoms with Crippen molar-refractivity contribution < 1.29 is 19.1 Å². The molecule has 2 amide bonds. The topological polar surface area (TPSA) is 133 Å². The van der Waals surface area contributed by atoms with Crippen molar-refractivity contribution in [1.82, 2.24) is 20.1 Å². The van der Waals surface area contributed by atoms with Crippen LogP contribution in [0, 0.1) is 0 Å². The van der Waals surface area contributed by atoms with Crippen molar-refractivity contribution in [3.05, 3.63) is 36.0 Å². The number of aryl methyl sites for hydroxylation is 1. The fraction of sp³-hybridized carbons (Fsp3) is 0.467. The Balaban J connectivity index is 1.76. The van der Waals surface area contributed by atoms with E-state index in [1.807, 2.05) is 23.7 Å². The van der Waals surface area contributed by atoms with E-state index in [0.717, 1.165) is 47.7 Å². The minimum Gasteiger partial charge on any atom is -0.495 e. The molecule has 10 heteroatoms. The molecule has 1 aromatic carbocycles. The second-order valence-electron chi connectivity index (χ2n) is 11.2. The number of carbonyl (C=O) groups excluding carboxylic acids is 2. The standard InChI is InChI=1S/C30H40N6O4/c1-19-15-16-36-27-21(11-9-7-6-8-10-12-24(37)33-19)18-32-28(31)25(27)26(35-36)20-13-14-22(23(17-20)39-5)34-29(38)40-30(2,3)4/h9,11,13-14,17-19H,6-8,10,12,15-16H2,1-5H3,(H2,31,32)(H,33,37)(H,34,38)/b11-9+. The average Bonchev–Trinajstić information content (AvgIpc) is 3.27. The Kier molecular flexibility index (Phi) is 8.96. The Morgan fingerprint density at radius 1 is 1.23 bits per heavy atom. The number of benzene rings is 1. The van der Waals surface area contributed by atoms with E-state index in [-0.39, 0.29) is 11.9 Å². The smallest absolute Gasteiger partial charge is 0.412 e. The van der Waals surface area contributed by atoms with E-state index in [1.54, 1.807) is 40.1 Å². The highest BCUT2D eigenvalue weighted by Gasteiger charge is 2.22. The lowest BCUT2D eigenvalue weighted by molar-refractivity contribution is -0.121. The van der Waals surface area contributed by atoms with Gasteiger partial charge in [-0.25, -0.2) is 9.78 Å². The van der Waals surface area contributed by atoms with E-state index < -0.39 is 11.7 Å². The van der Waals surface area contributed by atoms with E-state index >= 15 is 0 Å². The van der Waals surface area contributed by atoms with Gasteiger partial charge in [0.05, 0.1) is 23.7 Å². The molecule has 40 heavy (non-hydrogen) atoms. The summed E-state index contributed by atoms with van der Waals surface area (Å²) >= 11 is 0. The summed E-state index contributed by atoms with van der Waals surface area (Å²) in [5, 5.41) is 11.6. The van der Waals surface area contributed by atoms with Crippen molar-refractivity contribution in [2.45, 2.75) is 84.4 Å². The molecule has 1 aliphatic rings. The molecular weight excluding hydrogens is 508 g/mol. The van der Waals surface area contributed by atoms with Crippen molar-refractivity contribution in [3.63, 3.8) is 0 Å². The van der Waals surface area contributed by atoms with Crippen molar-refractivity contribution in [3.8, 4) is 17.0 Å². The van der Waals surface area contributed by atoms with Crippen molar-refractivity contribution in [1.29, 1.82) is 0 Å². The van der Waals surface area contributed by atoms with Crippen molar-refractivity contribution >= 4 is 40.5 Å². The van der Waals surface area contributed by atoms with E-state index in [4.69, 9.17) is 20.3 Å². The first kappa shape index (κ1) is 28.9. The molecule has 3 heterocycles. The average molecular weight is 549 g/mol. The van der Waals surface area contributed by atoms with Gasteiger partial charge < -0.3 is 20.5 Å². The largest absolute Gasteiger partial charge is 0.495 e. The number of hydrogen-bond acceptors (Lipinski definition) is 7. The van der Waals surface area contributed by atoms with Gasteiger partial charge in [0.1, 0.15) is 22.9 Å². The molecule has 4 N–H and O–H groups in total. The molecular formula is C30H40N6O4. The van der Waals surface area contributed by atoms with Gasteiger partial charge in [-0.1, -0.05) is 24.6 Å². The normalized spacial score (nSPS) is 17.8. The van der Waals surface area contributed by atoms with Gasteiger partial charge >= 0.3 is 6.09 Å². The molecule has 0 spiro atoms. The lowest BCUT2D eigenvalue weighted by Gasteiger charge is -2.20. The summed E-state index contributed by atoms with van der Waals surface area (Å²) in [6.07, 6.45) is 10.5. The van der Waals surface area contributed by atoms with Crippen molar-refractivity contribution in [2.75, 3.05) is 18.2 Å². The third kappa shape index (κ3) is 7.11. The molecule has 0 saturated carbocycles. The Morgan fingerprint density at radius 3 is 2.77 bits per heavy atom. The first-order chi connectivity index (χ1) is 19.1. The summed E-state index contributed by atoms with van der Waals surface area (Å²) in [4.78, 5) is 29.2. The predicted molar refractivity (Wildman–Crippen MR) is 158 cm³/mol. The minimum absolute atomic E-state index is 0.00295. The number of rotatable bonds is 3. The number of nitrogen functional groups attached to an aromatic ring is 1. The molecule has 1 unspecified atom stereocenters. The van der Waals surface area contributed by atoms with Crippen LogP contribution in [0.5, 0.6) is 5.75 Å². The fourth-order valence-electron chi connectivity index (χ4n) is 4.77. The minimum atomic E-state index is -0.628. The Morgan fingerprint density at radius 2 is 2.02 bits per heavy atom. The van der Waals surface area contributed by atoms with E-state index in [0.29, 0.717) is 42.3 Å². The molecule has 2 aromatic heterocycles. The number of nitrogens with one attached hydrogen (secondary N) is 2. The van der Waals surface area contributed by atoms with Gasteiger partial charge in [-0.05, 0) is 65.5 Å². The summed E-state index contributed by atoms with van der Waals surface area (Å²) in [6, 6.07) is 5.43. The Hall–Kier alpha value is -4.08. The van der Waals surface area contributed by atoms with Gasteiger partial charge in [-0.2, -0.15) is 5.10 Å². The zero-order valence-corrected chi connectivity index (χ0v) is 24.0. The first-order valence-corrected chi connectivity index (χ1v) is 13.8. The highest BCUT2D eigenvalue weighted by atomic mass is 16.6. The molecule has 0 aliphatic carbocycles. The number of nitrogens with two attached hydrogens (primary N) is 1. The lowest BCUT2D eigenvalue weighted by Crippen LogP contribution is -2.33. The van der Waals surface area contributed by atoms with E-state index in [1.165, 1.54) is 0 Å². The number of nitrogens with zero attached hydrogens (tertiary/aromatic N) is 3. The zero-order chi connectivity index (χ0) is 28.9. The SMILES string of the molecule is COc1cc(-c2nn3c4c(cnc(N)c24)/C=C/CCCCCC(=O)NC(C)CC3)ccc1NC(=O)OC(C)(C)C. The fourth-order valence-corrected chi connectivity index (χ4v) is 4.77. The zero-order valence-electron chi connectivity index (χ0n) is 24.0. The molecule has 10 nitrogen and oxygen atoms in total. The summed E-state index contributed by atoms with van der Waals surface area (Å²) in [5.74, 6) is 0.923. The number of methoxy groups -OCH3 is 1. The van der Waals surface area contributed by atoms with Crippen LogP contribution in [0.1, 0.15) is 71.8 Å². The number of allylic oxidation sites excluding steroid dienone is 1. The lowest BCUT2D eigenvalue weighted by atomic mass is 10.0. The predicted octanol–water partition coefficient (Wildman–Crippen LogP) is 5.91. The molecule has 1 atom stereocenters. The number of hydrogen-bond donors (Lipinski definition) is 3. The highest BCUT2D eigenvalue weighted by molar-refractivity contribution is 6.04. The van der Waals surface area contributed by atoms with Crippen LogP contribution in [0.4, 0.5) is 16.3 Å². The number of anilines is 2. The maximum atomic E-state index is 12.4. The van der Waals surface area contributed by atoms with Crippen LogP contribution in [-0.4, -0.2) is 45.5 Å². The van der Waals surface area contributed by atoms with Crippen LogP contribution in [0.2, 0.25) is 0 Å². The summed E-state index contributed by atoms with van der Waals surface area (Å²) in [7, 11) is 1.54. The van der Waals surface area contributed by atoms with Crippen LogP contribution in [0.25, 0.3) is 28.2 Å². The monoisotopic (exact) mass is 548 g/mol. The number of amides is 2. The molecule has 0 radical (unpaired) electrons. The molecule has 0 fully saturated rings. The number of ether oxygens (including phenoxy) is 2. The highest BCUT2D eigenvalue weighted by Crippen LogP contribution is 2.37. The maximum Gasteiger partial charge on any atom is 0.412 e. The van der Waals surface area contributed by atoms with E-state index in [2.05, 4.69) is 27.8 Å². The molecule has 214 valence electrons. The van der Waals surface area contributed by atoms with Gasteiger partial charge in [-0.15, -0.1) is 0 Å². The van der Waals surface area contributed by atoms with Crippen LogP contribution < -0.4 is 21.1 Å². The summed E-state index contributed by atoms with van der Waals surface area (Å²) < 4.78 is 12.9. The van der Waals surface area contributed by atoms with Gasteiger partial charge in [0, 0.05) is 36.3 Å². The summed E-state index contributed by atoms with van der Waals surface area (Å²) in [5.41, 5.74) is 9.56. The second kappa shape index (κ2) is 12.4. The van der Waals surface area contributed by atoms with Gasteiger partial charge in [0.15, 0.2) is 0 Å². The number of pyridine rings is 1. The second-order valence-corrected chi connectivity index (χ2v) is 11.2. The molecule has 0 saturated heterocycles. The van der Waals surface area contributed by atoms with Gasteiger partial charge in [-0.3, -0.25) is 14.8 Å². The summed E-state index contributed by atoms with van der Waals surface area (Å²) in [6.45, 7) is 8.01. The number of aromatic nitrogens is 3. The molecule has 1 aliphatic heterocycles. The maximum absolute atomic E-state index is 12.4. The van der Waals surface area contributed by atoms with Gasteiger partial charge in [0.2, 0.25) is 5.91 Å². The Bertz CT molecular complexity index is 1410. The van der Waals surface area contributed by atoms with Crippen LogP contribution >= 0.6 is 0 Å². The van der Waals surface area contributed by atoms with Gasteiger partial charge in [0.25, 0.3) is 0 Å².